The monoisotopic (exact) mass is 189 g/mol. The molecule has 14 heavy (non-hydrogen) atoms. The first-order valence-corrected chi connectivity index (χ1v) is 4.39. The fourth-order valence-corrected chi connectivity index (χ4v) is 1.24. The van der Waals surface area contributed by atoms with Crippen molar-refractivity contribution in [3.63, 3.8) is 0 Å². The zero-order valence-electron chi connectivity index (χ0n) is 7.59. The molecule has 2 rings (SSSR count). The van der Waals surface area contributed by atoms with E-state index in [0.717, 1.165) is 11.0 Å². The van der Waals surface area contributed by atoms with E-state index < -0.39 is 6.04 Å². The van der Waals surface area contributed by atoms with E-state index in [2.05, 4.69) is 9.97 Å². The van der Waals surface area contributed by atoms with Gasteiger partial charge < -0.3 is 10.8 Å². The SMILES string of the molecule is N[C@H](CO)c1cnc2ccccc2n1. The summed E-state index contributed by atoms with van der Waals surface area (Å²) >= 11 is 0. The second kappa shape index (κ2) is 3.69. The van der Waals surface area contributed by atoms with Gasteiger partial charge >= 0.3 is 0 Å². The number of hydrogen-bond donors (Lipinski definition) is 2. The third-order valence-electron chi connectivity index (χ3n) is 2.04. The summed E-state index contributed by atoms with van der Waals surface area (Å²) in [4.78, 5) is 8.50. The van der Waals surface area contributed by atoms with Crippen LogP contribution in [-0.4, -0.2) is 21.7 Å². The Hall–Kier alpha value is -1.52. The lowest BCUT2D eigenvalue weighted by molar-refractivity contribution is 0.266. The van der Waals surface area contributed by atoms with E-state index in [-0.39, 0.29) is 6.61 Å². The predicted molar refractivity (Wildman–Crippen MR) is 53.6 cm³/mol. The highest BCUT2D eigenvalue weighted by atomic mass is 16.3. The molecule has 4 heteroatoms. The molecule has 2 aromatic rings. The minimum atomic E-state index is -0.452. The normalized spacial score (nSPS) is 13.0. The van der Waals surface area contributed by atoms with Crippen LogP contribution in [0.4, 0.5) is 0 Å². The summed E-state index contributed by atoms with van der Waals surface area (Å²) in [5, 5.41) is 8.87. The average Bonchev–Trinajstić information content (AvgIpc) is 2.27. The van der Waals surface area contributed by atoms with Crippen LogP contribution in [0.1, 0.15) is 11.7 Å². The minimum Gasteiger partial charge on any atom is -0.394 e. The van der Waals surface area contributed by atoms with Gasteiger partial charge in [-0.25, -0.2) is 4.98 Å². The lowest BCUT2D eigenvalue weighted by Crippen LogP contribution is -2.16. The summed E-state index contributed by atoms with van der Waals surface area (Å²) in [5.74, 6) is 0. The van der Waals surface area contributed by atoms with Crippen LogP contribution in [0.5, 0.6) is 0 Å². The van der Waals surface area contributed by atoms with Crippen LogP contribution >= 0.6 is 0 Å². The highest BCUT2D eigenvalue weighted by Crippen LogP contribution is 2.11. The zero-order chi connectivity index (χ0) is 9.97. The molecule has 0 radical (unpaired) electrons. The summed E-state index contributed by atoms with van der Waals surface area (Å²) in [5.41, 5.74) is 7.88. The van der Waals surface area contributed by atoms with Crippen molar-refractivity contribution in [1.29, 1.82) is 0 Å². The Morgan fingerprint density at radius 3 is 2.71 bits per heavy atom. The molecular weight excluding hydrogens is 178 g/mol. The number of aromatic nitrogens is 2. The van der Waals surface area contributed by atoms with Gasteiger partial charge in [0, 0.05) is 0 Å². The topological polar surface area (TPSA) is 72.0 Å². The van der Waals surface area contributed by atoms with E-state index in [1.807, 2.05) is 24.3 Å². The van der Waals surface area contributed by atoms with E-state index >= 15 is 0 Å². The molecule has 0 fully saturated rings. The Kier molecular flexibility index (Phi) is 2.39. The quantitative estimate of drug-likeness (QED) is 0.726. The van der Waals surface area contributed by atoms with Crippen LogP contribution in [0.2, 0.25) is 0 Å². The van der Waals surface area contributed by atoms with Crippen LogP contribution < -0.4 is 5.73 Å². The highest BCUT2D eigenvalue weighted by Gasteiger charge is 2.06. The van der Waals surface area contributed by atoms with Gasteiger partial charge in [-0.05, 0) is 12.1 Å². The number of hydrogen-bond acceptors (Lipinski definition) is 4. The lowest BCUT2D eigenvalue weighted by Gasteiger charge is -2.07. The number of para-hydroxylation sites is 2. The highest BCUT2D eigenvalue weighted by molar-refractivity contribution is 5.73. The standard InChI is InChI=1S/C10H11N3O/c11-7(6-14)10-5-12-8-3-1-2-4-9(8)13-10/h1-5,7,14H,6,11H2/t7-/m1/s1. The van der Waals surface area contributed by atoms with Gasteiger partial charge in [0.25, 0.3) is 0 Å². The third-order valence-corrected chi connectivity index (χ3v) is 2.04. The van der Waals surface area contributed by atoms with Crippen molar-refractivity contribution in [2.45, 2.75) is 6.04 Å². The predicted octanol–water partition coefficient (Wildman–Crippen LogP) is 0.622. The molecule has 0 spiro atoms. The Bertz CT molecular complexity index is 444. The Morgan fingerprint density at radius 1 is 1.29 bits per heavy atom. The van der Waals surface area contributed by atoms with Gasteiger partial charge in [0.05, 0.1) is 35.6 Å². The van der Waals surface area contributed by atoms with E-state index in [1.165, 1.54) is 0 Å². The van der Waals surface area contributed by atoms with Gasteiger partial charge in [-0.3, -0.25) is 4.98 Å². The minimum absolute atomic E-state index is 0.118. The largest absolute Gasteiger partial charge is 0.394 e. The van der Waals surface area contributed by atoms with Crippen LogP contribution in [0, 0.1) is 0 Å². The summed E-state index contributed by atoms with van der Waals surface area (Å²) in [7, 11) is 0. The molecule has 0 amide bonds. The molecule has 0 aliphatic rings. The van der Waals surface area contributed by atoms with Crippen LogP contribution in [0.3, 0.4) is 0 Å². The molecule has 0 bridgehead atoms. The van der Waals surface area contributed by atoms with Crippen molar-refractivity contribution in [3.05, 3.63) is 36.2 Å². The molecule has 3 N–H and O–H groups in total. The number of rotatable bonds is 2. The molecule has 0 unspecified atom stereocenters. The van der Waals surface area contributed by atoms with Gasteiger partial charge in [0.1, 0.15) is 0 Å². The molecule has 1 atom stereocenters. The summed E-state index contributed by atoms with van der Waals surface area (Å²) in [6.07, 6.45) is 1.60. The molecule has 4 nitrogen and oxygen atoms in total. The fraction of sp³-hybridized carbons (Fsp3) is 0.200. The molecule has 1 aromatic heterocycles. The Morgan fingerprint density at radius 2 is 2.00 bits per heavy atom. The molecule has 0 aliphatic heterocycles. The number of nitrogens with zero attached hydrogens (tertiary/aromatic N) is 2. The molecule has 1 aromatic carbocycles. The van der Waals surface area contributed by atoms with Gasteiger partial charge in [0.15, 0.2) is 0 Å². The molecule has 1 heterocycles. The molecule has 0 saturated carbocycles. The van der Waals surface area contributed by atoms with Gasteiger partial charge in [-0.2, -0.15) is 0 Å². The van der Waals surface area contributed by atoms with Crippen molar-refractivity contribution in [1.82, 2.24) is 9.97 Å². The Balaban J connectivity index is 2.51. The van der Waals surface area contributed by atoms with E-state index in [9.17, 15) is 0 Å². The smallest absolute Gasteiger partial charge is 0.0890 e. The number of fused-ring (bicyclic) bond motifs is 1. The Labute approximate surface area is 81.4 Å². The van der Waals surface area contributed by atoms with E-state index in [4.69, 9.17) is 10.8 Å². The lowest BCUT2D eigenvalue weighted by atomic mass is 10.2. The van der Waals surface area contributed by atoms with Crippen LogP contribution in [0.15, 0.2) is 30.5 Å². The van der Waals surface area contributed by atoms with E-state index in [1.54, 1.807) is 6.20 Å². The maximum absolute atomic E-state index is 8.87. The van der Waals surface area contributed by atoms with Crippen molar-refractivity contribution in [3.8, 4) is 0 Å². The summed E-state index contributed by atoms with van der Waals surface area (Å²) < 4.78 is 0. The summed E-state index contributed by atoms with van der Waals surface area (Å²) in [6.45, 7) is -0.118. The first-order chi connectivity index (χ1) is 6.81. The molecular formula is C10H11N3O. The molecule has 72 valence electrons. The second-order valence-electron chi connectivity index (χ2n) is 3.07. The van der Waals surface area contributed by atoms with Gasteiger partial charge in [0.2, 0.25) is 0 Å². The van der Waals surface area contributed by atoms with E-state index in [0.29, 0.717) is 5.69 Å². The zero-order valence-corrected chi connectivity index (χ0v) is 7.59. The molecule has 0 saturated heterocycles. The third kappa shape index (κ3) is 1.57. The summed E-state index contributed by atoms with van der Waals surface area (Å²) in [6, 6.07) is 7.10. The van der Waals surface area contributed by atoms with Crippen LogP contribution in [0.25, 0.3) is 11.0 Å². The van der Waals surface area contributed by atoms with Gasteiger partial charge in [-0.1, -0.05) is 12.1 Å². The average molecular weight is 189 g/mol. The number of benzene rings is 1. The van der Waals surface area contributed by atoms with Crippen LogP contribution in [-0.2, 0) is 0 Å². The first kappa shape index (κ1) is 9.05. The van der Waals surface area contributed by atoms with Crippen molar-refractivity contribution in [2.24, 2.45) is 5.73 Å². The van der Waals surface area contributed by atoms with Crippen molar-refractivity contribution < 1.29 is 5.11 Å². The number of aliphatic hydroxyl groups is 1. The first-order valence-electron chi connectivity index (χ1n) is 4.39. The maximum atomic E-state index is 8.87. The second-order valence-corrected chi connectivity index (χ2v) is 3.07. The van der Waals surface area contributed by atoms with Gasteiger partial charge in [-0.15, -0.1) is 0 Å². The number of nitrogens with two attached hydrogens (primary N) is 1. The fourth-order valence-electron chi connectivity index (χ4n) is 1.24. The number of aliphatic hydroxyl groups excluding tert-OH is 1. The van der Waals surface area contributed by atoms with Crippen molar-refractivity contribution >= 4 is 11.0 Å². The maximum Gasteiger partial charge on any atom is 0.0890 e. The molecule has 0 aliphatic carbocycles. The van der Waals surface area contributed by atoms with Crippen molar-refractivity contribution in [2.75, 3.05) is 6.61 Å².